The van der Waals surface area contributed by atoms with Crippen molar-refractivity contribution in [1.82, 2.24) is 0 Å². The second kappa shape index (κ2) is 6.14. The molecule has 0 saturated carbocycles. The molecule has 0 radical (unpaired) electrons. The summed E-state index contributed by atoms with van der Waals surface area (Å²) in [4.78, 5) is 11.9. The molecule has 0 aliphatic heterocycles. The zero-order chi connectivity index (χ0) is 13.9. The highest BCUT2D eigenvalue weighted by atomic mass is 35.6. The summed E-state index contributed by atoms with van der Waals surface area (Å²) in [7, 11) is 0. The van der Waals surface area contributed by atoms with E-state index in [1.807, 2.05) is 26.0 Å². The van der Waals surface area contributed by atoms with Crippen molar-refractivity contribution in [2.45, 2.75) is 30.5 Å². The van der Waals surface area contributed by atoms with Crippen LogP contribution in [0.25, 0.3) is 0 Å². The second-order valence-corrected chi connectivity index (χ2v) is 6.44. The molecule has 0 spiro atoms. The van der Waals surface area contributed by atoms with Crippen LogP contribution in [-0.2, 0) is 9.53 Å². The molecule has 1 aromatic rings. The zero-order valence-electron chi connectivity index (χ0n) is 10.5. The van der Waals surface area contributed by atoms with E-state index in [9.17, 15) is 4.79 Å². The third-order valence-electron chi connectivity index (χ3n) is 2.71. The highest BCUT2D eigenvalue weighted by Crippen LogP contribution is 2.42. The summed E-state index contributed by atoms with van der Waals surface area (Å²) >= 11 is 17.7. The molecule has 0 amide bonds. The van der Waals surface area contributed by atoms with Gasteiger partial charge in [0.15, 0.2) is 0 Å². The Morgan fingerprint density at radius 3 is 2.33 bits per heavy atom. The molecule has 0 N–H and O–H groups in total. The number of carbonyl (C=O) groups excluding carboxylic acids is 1. The van der Waals surface area contributed by atoms with Gasteiger partial charge in [-0.1, -0.05) is 53.0 Å². The van der Waals surface area contributed by atoms with Crippen molar-refractivity contribution in [3.8, 4) is 0 Å². The SMILES string of the molecule is CCOC(=O)C(c1ccc(C)c(C)c1)C(Cl)(Cl)Cl. The Balaban J connectivity index is 3.18. The molecular formula is C13H15Cl3O2. The average Bonchev–Trinajstić information content (AvgIpc) is 2.22. The van der Waals surface area contributed by atoms with Crippen molar-refractivity contribution in [1.29, 1.82) is 0 Å². The fourth-order valence-corrected chi connectivity index (χ4v) is 2.27. The molecule has 18 heavy (non-hydrogen) atoms. The molecule has 1 unspecified atom stereocenters. The third kappa shape index (κ3) is 3.78. The first kappa shape index (κ1) is 15.6. The number of hydrogen-bond donors (Lipinski definition) is 0. The molecule has 0 aromatic heterocycles. The minimum absolute atomic E-state index is 0.251. The van der Waals surface area contributed by atoms with E-state index in [4.69, 9.17) is 39.5 Å². The van der Waals surface area contributed by atoms with Crippen LogP contribution in [0.2, 0.25) is 0 Å². The van der Waals surface area contributed by atoms with E-state index in [1.54, 1.807) is 13.0 Å². The quantitative estimate of drug-likeness (QED) is 0.614. The Hall–Kier alpha value is -0.440. The number of halogens is 3. The Labute approximate surface area is 122 Å². The van der Waals surface area contributed by atoms with E-state index in [0.29, 0.717) is 5.56 Å². The summed E-state index contributed by atoms with van der Waals surface area (Å²) in [6, 6.07) is 5.53. The van der Waals surface area contributed by atoms with Crippen molar-refractivity contribution in [2.24, 2.45) is 0 Å². The lowest BCUT2D eigenvalue weighted by Crippen LogP contribution is -2.27. The Bertz CT molecular complexity index is 438. The fraction of sp³-hybridized carbons (Fsp3) is 0.462. The van der Waals surface area contributed by atoms with Gasteiger partial charge in [0.1, 0.15) is 5.92 Å². The van der Waals surface area contributed by atoms with Crippen LogP contribution in [0.5, 0.6) is 0 Å². The van der Waals surface area contributed by atoms with E-state index in [0.717, 1.165) is 11.1 Å². The lowest BCUT2D eigenvalue weighted by Gasteiger charge is -2.23. The van der Waals surface area contributed by atoms with Crippen LogP contribution in [0.4, 0.5) is 0 Å². The van der Waals surface area contributed by atoms with Gasteiger partial charge in [-0.2, -0.15) is 0 Å². The predicted octanol–water partition coefficient (Wildman–Crippen LogP) is 4.32. The number of hydrogen-bond acceptors (Lipinski definition) is 2. The van der Waals surface area contributed by atoms with Crippen molar-refractivity contribution >= 4 is 40.8 Å². The monoisotopic (exact) mass is 308 g/mol. The van der Waals surface area contributed by atoms with Crippen LogP contribution in [0.3, 0.4) is 0 Å². The summed E-state index contributed by atoms with van der Waals surface area (Å²) in [5, 5.41) is 0. The summed E-state index contributed by atoms with van der Waals surface area (Å²) in [5.41, 5.74) is 2.80. The molecule has 2 nitrogen and oxygen atoms in total. The molecule has 1 atom stereocenters. The molecular weight excluding hydrogens is 294 g/mol. The van der Waals surface area contributed by atoms with E-state index >= 15 is 0 Å². The van der Waals surface area contributed by atoms with Gasteiger partial charge in [0.25, 0.3) is 0 Å². The van der Waals surface area contributed by atoms with Gasteiger partial charge in [0.2, 0.25) is 3.79 Å². The average molecular weight is 310 g/mol. The smallest absolute Gasteiger partial charge is 0.317 e. The standard InChI is InChI=1S/C13H15Cl3O2/c1-4-18-12(17)11(13(14,15)16)10-6-5-8(2)9(3)7-10/h5-7,11H,4H2,1-3H3. The molecule has 0 heterocycles. The van der Waals surface area contributed by atoms with Crippen LogP contribution < -0.4 is 0 Å². The predicted molar refractivity (Wildman–Crippen MR) is 75.6 cm³/mol. The highest BCUT2D eigenvalue weighted by Gasteiger charge is 2.40. The maximum absolute atomic E-state index is 11.9. The minimum atomic E-state index is -1.73. The molecule has 1 aromatic carbocycles. The minimum Gasteiger partial charge on any atom is -0.465 e. The highest BCUT2D eigenvalue weighted by molar-refractivity contribution is 6.68. The van der Waals surface area contributed by atoms with Crippen LogP contribution in [0, 0.1) is 13.8 Å². The van der Waals surface area contributed by atoms with Crippen molar-refractivity contribution in [3.05, 3.63) is 34.9 Å². The number of alkyl halides is 3. The normalized spacial score (nSPS) is 13.2. The van der Waals surface area contributed by atoms with E-state index in [-0.39, 0.29) is 6.61 Å². The molecule has 0 aliphatic carbocycles. The van der Waals surface area contributed by atoms with E-state index < -0.39 is 15.7 Å². The summed E-state index contributed by atoms with van der Waals surface area (Å²) in [6.07, 6.45) is 0. The summed E-state index contributed by atoms with van der Waals surface area (Å²) < 4.78 is 3.23. The Morgan fingerprint density at radius 1 is 1.28 bits per heavy atom. The maximum atomic E-state index is 11.9. The fourth-order valence-electron chi connectivity index (χ4n) is 1.63. The van der Waals surface area contributed by atoms with Gasteiger partial charge in [-0.3, -0.25) is 4.79 Å². The summed E-state index contributed by atoms with van der Waals surface area (Å²) in [5.74, 6) is -1.44. The third-order valence-corrected chi connectivity index (χ3v) is 3.37. The molecule has 5 heteroatoms. The number of rotatable bonds is 3. The van der Waals surface area contributed by atoms with Crippen LogP contribution >= 0.6 is 34.8 Å². The van der Waals surface area contributed by atoms with Crippen molar-refractivity contribution in [2.75, 3.05) is 6.61 Å². The zero-order valence-corrected chi connectivity index (χ0v) is 12.7. The molecule has 100 valence electrons. The van der Waals surface area contributed by atoms with Gasteiger partial charge >= 0.3 is 5.97 Å². The maximum Gasteiger partial charge on any atom is 0.317 e. The van der Waals surface area contributed by atoms with Gasteiger partial charge in [-0.15, -0.1) is 0 Å². The topological polar surface area (TPSA) is 26.3 Å². The van der Waals surface area contributed by atoms with Gasteiger partial charge in [0, 0.05) is 0 Å². The summed E-state index contributed by atoms with van der Waals surface area (Å²) in [6.45, 7) is 5.89. The first-order chi connectivity index (χ1) is 8.27. The molecule has 0 saturated heterocycles. The number of ether oxygens (including phenoxy) is 1. The first-order valence-corrected chi connectivity index (χ1v) is 6.71. The first-order valence-electron chi connectivity index (χ1n) is 5.58. The molecule has 0 fully saturated rings. The van der Waals surface area contributed by atoms with E-state index in [2.05, 4.69) is 0 Å². The van der Waals surface area contributed by atoms with Gasteiger partial charge in [-0.05, 0) is 37.5 Å². The van der Waals surface area contributed by atoms with Gasteiger partial charge in [0.05, 0.1) is 6.61 Å². The number of esters is 1. The Morgan fingerprint density at radius 2 is 1.89 bits per heavy atom. The number of aryl methyl sites for hydroxylation is 2. The number of carbonyl (C=O) groups is 1. The Kier molecular flexibility index (Phi) is 5.32. The van der Waals surface area contributed by atoms with Crippen LogP contribution in [0.1, 0.15) is 29.5 Å². The second-order valence-electron chi connectivity index (χ2n) is 4.07. The van der Waals surface area contributed by atoms with Crippen molar-refractivity contribution < 1.29 is 9.53 Å². The van der Waals surface area contributed by atoms with E-state index in [1.165, 1.54) is 0 Å². The van der Waals surface area contributed by atoms with Crippen LogP contribution in [0.15, 0.2) is 18.2 Å². The van der Waals surface area contributed by atoms with Crippen LogP contribution in [-0.4, -0.2) is 16.4 Å². The lowest BCUT2D eigenvalue weighted by molar-refractivity contribution is -0.144. The van der Waals surface area contributed by atoms with Gasteiger partial charge < -0.3 is 4.74 Å². The molecule has 0 aliphatic rings. The lowest BCUT2D eigenvalue weighted by atomic mass is 9.96. The van der Waals surface area contributed by atoms with Crippen molar-refractivity contribution in [3.63, 3.8) is 0 Å². The molecule has 1 rings (SSSR count). The molecule has 0 bridgehead atoms. The largest absolute Gasteiger partial charge is 0.465 e. The van der Waals surface area contributed by atoms with Gasteiger partial charge in [-0.25, -0.2) is 0 Å². The number of benzene rings is 1.